The SMILES string of the molecule is CN(CC(C)(O)c1ccccc1)CC1(N(C)C)CCC1. The zero-order chi connectivity index (χ0) is 14.8. The number of hydrogen-bond acceptors (Lipinski definition) is 3. The molecular formula is C17H28N2O. The molecule has 1 fully saturated rings. The Morgan fingerprint density at radius 1 is 1.15 bits per heavy atom. The molecule has 0 aliphatic heterocycles. The molecule has 0 bridgehead atoms. The Balaban J connectivity index is 1.99. The number of rotatable bonds is 6. The summed E-state index contributed by atoms with van der Waals surface area (Å²) in [5, 5.41) is 10.7. The number of hydrogen-bond donors (Lipinski definition) is 1. The molecule has 2 rings (SSSR count). The van der Waals surface area contributed by atoms with E-state index in [9.17, 15) is 5.11 Å². The lowest BCUT2D eigenvalue weighted by molar-refractivity contribution is -0.0162. The van der Waals surface area contributed by atoms with Crippen LogP contribution in [0.4, 0.5) is 0 Å². The van der Waals surface area contributed by atoms with Crippen molar-refractivity contribution >= 4 is 0 Å². The zero-order valence-corrected chi connectivity index (χ0v) is 13.3. The molecule has 20 heavy (non-hydrogen) atoms. The summed E-state index contributed by atoms with van der Waals surface area (Å²) < 4.78 is 0. The summed E-state index contributed by atoms with van der Waals surface area (Å²) in [5.41, 5.74) is 0.494. The van der Waals surface area contributed by atoms with E-state index in [0.717, 1.165) is 12.1 Å². The van der Waals surface area contributed by atoms with Gasteiger partial charge in [0.15, 0.2) is 0 Å². The lowest BCUT2D eigenvalue weighted by Gasteiger charge is -2.50. The molecule has 1 aliphatic carbocycles. The second-order valence-electron chi connectivity index (χ2n) is 6.78. The van der Waals surface area contributed by atoms with Crippen LogP contribution in [-0.2, 0) is 5.60 Å². The van der Waals surface area contributed by atoms with Gasteiger partial charge in [0.05, 0.1) is 5.60 Å². The molecule has 0 radical (unpaired) electrons. The van der Waals surface area contributed by atoms with E-state index in [0.29, 0.717) is 12.1 Å². The second kappa shape index (κ2) is 5.84. The molecule has 1 aromatic rings. The van der Waals surface area contributed by atoms with Crippen molar-refractivity contribution in [1.82, 2.24) is 9.80 Å². The summed E-state index contributed by atoms with van der Waals surface area (Å²) in [6.45, 7) is 3.58. The molecule has 1 atom stereocenters. The maximum Gasteiger partial charge on any atom is 0.0994 e. The van der Waals surface area contributed by atoms with E-state index in [4.69, 9.17) is 0 Å². The summed E-state index contributed by atoms with van der Waals surface area (Å²) in [4.78, 5) is 4.62. The Hall–Kier alpha value is -0.900. The van der Waals surface area contributed by atoms with Crippen molar-refractivity contribution < 1.29 is 5.11 Å². The van der Waals surface area contributed by atoms with Crippen LogP contribution in [0.1, 0.15) is 31.7 Å². The van der Waals surface area contributed by atoms with Gasteiger partial charge in [0.2, 0.25) is 0 Å². The van der Waals surface area contributed by atoms with Crippen LogP contribution < -0.4 is 0 Å². The molecule has 0 heterocycles. The van der Waals surface area contributed by atoms with E-state index in [1.54, 1.807) is 0 Å². The first-order chi connectivity index (χ1) is 9.36. The number of nitrogens with zero attached hydrogens (tertiary/aromatic N) is 2. The summed E-state index contributed by atoms with van der Waals surface area (Å²) in [7, 11) is 6.45. The molecule has 3 heteroatoms. The van der Waals surface area contributed by atoms with Crippen LogP contribution in [-0.4, -0.2) is 54.7 Å². The molecule has 0 aromatic heterocycles. The van der Waals surface area contributed by atoms with Crippen LogP contribution in [0.25, 0.3) is 0 Å². The maximum atomic E-state index is 10.7. The minimum atomic E-state index is -0.798. The Bertz CT molecular complexity index is 424. The van der Waals surface area contributed by atoms with Gasteiger partial charge in [-0.15, -0.1) is 0 Å². The van der Waals surface area contributed by atoms with Gasteiger partial charge in [-0.1, -0.05) is 30.3 Å². The molecular weight excluding hydrogens is 248 g/mol. The Morgan fingerprint density at radius 2 is 1.75 bits per heavy atom. The largest absolute Gasteiger partial charge is 0.384 e. The van der Waals surface area contributed by atoms with Crippen LogP contribution >= 0.6 is 0 Å². The van der Waals surface area contributed by atoms with Crippen LogP contribution in [0.5, 0.6) is 0 Å². The maximum absolute atomic E-state index is 10.7. The zero-order valence-electron chi connectivity index (χ0n) is 13.3. The van der Waals surface area contributed by atoms with Crippen molar-refractivity contribution in [2.24, 2.45) is 0 Å². The van der Waals surface area contributed by atoms with E-state index in [2.05, 4.69) is 30.9 Å². The van der Waals surface area contributed by atoms with E-state index in [1.165, 1.54) is 19.3 Å². The second-order valence-corrected chi connectivity index (χ2v) is 6.78. The van der Waals surface area contributed by atoms with Crippen molar-refractivity contribution in [3.8, 4) is 0 Å². The summed E-state index contributed by atoms with van der Waals surface area (Å²) in [6, 6.07) is 9.95. The fourth-order valence-electron chi connectivity index (χ4n) is 3.30. The van der Waals surface area contributed by atoms with Gasteiger partial charge in [0.25, 0.3) is 0 Å². The molecule has 1 aliphatic rings. The highest BCUT2D eigenvalue weighted by atomic mass is 16.3. The molecule has 3 nitrogen and oxygen atoms in total. The third kappa shape index (κ3) is 3.22. The predicted molar refractivity (Wildman–Crippen MR) is 83.8 cm³/mol. The van der Waals surface area contributed by atoms with Crippen molar-refractivity contribution in [1.29, 1.82) is 0 Å². The van der Waals surface area contributed by atoms with E-state index in [-0.39, 0.29) is 0 Å². The van der Waals surface area contributed by atoms with E-state index in [1.807, 2.05) is 37.3 Å². The third-order valence-electron chi connectivity index (χ3n) is 4.77. The fourth-order valence-corrected chi connectivity index (χ4v) is 3.30. The van der Waals surface area contributed by atoms with Crippen LogP contribution in [0.2, 0.25) is 0 Å². The van der Waals surface area contributed by atoms with E-state index < -0.39 is 5.60 Å². The number of benzene rings is 1. The van der Waals surface area contributed by atoms with Crippen molar-refractivity contribution in [3.05, 3.63) is 35.9 Å². The molecule has 0 amide bonds. The molecule has 1 N–H and O–H groups in total. The first-order valence-electron chi connectivity index (χ1n) is 7.50. The number of likely N-dealkylation sites (N-methyl/N-ethyl adjacent to an activating group) is 2. The Morgan fingerprint density at radius 3 is 2.20 bits per heavy atom. The summed E-state index contributed by atoms with van der Waals surface area (Å²) in [5.74, 6) is 0. The highest BCUT2D eigenvalue weighted by Gasteiger charge is 2.40. The van der Waals surface area contributed by atoms with Gasteiger partial charge in [-0.3, -0.25) is 0 Å². The van der Waals surface area contributed by atoms with Gasteiger partial charge < -0.3 is 14.9 Å². The van der Waals surface area contributed by atoms with Gasteiger partial charge >= 0.3 is 0 Å². The minimum absolute atomic E-state index is 0.307. The Labute approximate surface area is 123 Å². The number of aliphatic hydroxyl groups is 1. The molecule has 1 saturated carbocycles. The molecule has 112 valence electrons. The topological polar surface area (TPSA) is 26.7 Å². The lowest BCUT2D eigenvalue weighted by Crippen LogP contribution is -2.57. The highest BCUT2D eigenvalue weighted by molar-refractivity contribution is 5.21. The van der Waals surface area contributed by atoms with E-state index >= 15 is 0 Å². The predicted octanol–water partition coefficient (Wildman–Crippen LogP) is 2.31. The van der Waals surface area contributed by atoms with Gasteiger partial charge in [-0.2, -0.15) is 0 Å². The first kappa shape index (κ1) is 15.5. The highest BCUT2D eigenvalue weighted by Crippen LogP contribution is 2.37. The van der Waals surface area contributed by atoms with Crippen molar-refractivity contribution in [2.75, 3.05) is 34.2 Å². The normalized spacial score (nSPS) is 20.8. The molecule has 0 spiro atoms. The minimum Gasteiger partial charge on any atom is -0.384 e. The van der Waals surface area contributed by atoms with Crippen LogP contribution in [0, 0.1) is 0 Å². The van der Waals surface area contributed by atoms with Crippen LogP contribution in [0.3, 0.4) is 0 Å². The third-order valence-corrected chi connectivity index (χ3v) is 4.77. The smallest absolute Gasteiger partial charge is 0.0994 e. The van der Waals surface area contributed by atoms with Crippen molar-refractivity contribution in [2.45, 2.75) is 37.3 Å². The average Bonchev–Trinajstić information content (AvgIpc) is 2.34. The van der Waals surface area contributed by atoms with Gasteiger partial charge in [-0.05, 0) is 52.9 Å². The quantitative estimate of drug-likeness (QED) is 0.864. The van der Waals surface area contributed by atoms with Gasteiger partial charge in [0, 0.05) is 18.6 Å². The van der Waals surface area contributed by atoms with Crippen molar-refractivity contribution in [3.63, 3.8) is 0 Å². The molecule has 1 unspecified atom stereocenters. The molecule has 1 aromatic carbocycles. The molecule has 0 saturated heterocycles. The van der Waals surface area contributed by atoms with Crippen LogP contribution in [0.15, 0.2) is 30.3 Å². The first-order valence-corrected chi connectivity index (χ1v) is 7.50. The van der Waals surface area contributed by atoms with Gasteiger partial charge in [-0.25, -0.2) is 0 Å². The fraction of sp³-hybridized carbons (Fsp3) is 0.647. The summed E-state index contributed by atoms with van der Waals surface area (Å²) in [6.07, 6.45) is 3.84. The lowest BCUT2D eigenvalue weighted by atomic mass is 9.75. The Kier molecular flexibility index (Phi) is 4.52. The average molecular weight is 276 g/mol. The summed E-state index contributed by atoms with van der Waals surface area (Å²) >= 11 is 0. The monoisotopic (exact) mass is 276 g/mol. The standard InChI is InChI=1S/C17H28N2O/c1-16(20,15-9-6-5-7-10-15)13-19(4)14-17(18(2)3)11-8-12-17/h5-7,9-10,20H,8,11-14H2,1-4H3. The van der Waals surface area contributed by atoms with Gasteiger partial charge in [0.1, 0.15) is 0 Å².